The lowest BCUT2D eigenvalue weighted by Gasteiger charge is -2.19. The van der Waals surface area contributed by atoms with Crippen molar-refractivity contribution < 1.29 is 0 Å². The Morgan fingerprint density at radius 1 is 0.591 bits per heavy atom. The van der Waals surface area contributed by atoms with E-state index < -0.39 is 7.92 Å². The maximum Gasteiger partial charge on any atom is -0.0134 e. The monoisotopic (exact) mass is 302 g/mol. The highest BCUT2D eigenvalue weighted by molar-refractivity contribution is 7.79. The summed E-state index contributed by atoms with van der Waals surface area (Å²) in [6, 6.07) is 30.5. The molecule has 0 aliphatic carbocycles. The van der Waals surface area contributed by atoms with Gasteiger partial charge in [0.15, 0.2) is 0 Å². The third kappa shape index (κ3) is 3.35. The minimum atomic E-state index is -0.492. The summed E-state index contributed by atoms with van der Waals surface area (Å²) >= 11 is 0. The van der Waals surface area contributed by atoms with Gasteiger partial charge in [-0.05, 0) is 36.3 Å². The summed E-state index contributed by atoms with van der Waals surface area (Å²) in [6.45, 7) is 2.05. The first-order valence-corrected chi connectivity index (χ1v) is 8.85. The number of allylic oxidation sites excluding steroid dienone is 1. The molecule has 22 heavy (non-hydrogen) atoms. The zero-order valence-corrected chi connectivity index (χ0v) is 13.6. The van der Waals surface area contributed by atoms with Crippen LogP contribution in [-0.4, -0.2) is 0 Å². The van der Waals surface area contributed by atoms with E-state index in [2.05, 4.69) is 104 Å². The highest BCUT2D eigenvalue weighted by atomic mass is 31.1. The Balaban J connectivity index is 2.06. The third-order valence-corrected chi connectivity index (χ3v) is 5.98. The van der Waals surface area contributed by atoms with Gasteiger partial charge in [0.25, 0.3) is 0 Å². The highest BCUT2D eigenvalue weighted by Gasteiger charge is 2.15. The van der Waals surface area contributed by atoms with E-state index in [4.69, 9.17) is 0 Å². The molecule has 0 amide bonds. The van der Waals surface area contributed by atoms with E-state index in [0.717, 1.165) is 0 Å². The van der Waals surface area contributed by atoms with Crippen LogP contribution in [0, 0.1) is 0 Å². The number of hydrogen-bond donors (Lipinski definition) is 0. The number of benzene rings is 3. The predicted molar refractivity (Wildman–Crippen MR) is 99.9 cm³/mol. The maximum atomic E-state index is 2.26. The van der Waals surface area contributed by atoms with E-state index in [9.17, 15) is 0 Å². The van der Waals surface area contributed by atoms with Crippen LogP contribution in [0.3, 0.4) is 0 Å². The van der Waals surface area contributed by atoms with Gasteiger partial charge in [0.2, 0.25) is 0 Å². The second-order valence-corrected chi connectivity index (χ2v) is 7.32. The minimum absolute atomic E-state index is 0.492. The smallest absolute Gasteiger partial charge is 0.0134 e. The molecule has 0 nitrogen and oxygen atoms in total. The van der Waals surface area contributed by atoms with Gasteiger partial charge in [0.05, 0.1) is 0 Å². The molecule has 0 saturated heterocycles. The average molecular weight is 302 g/mol. The lowest BCUT2D eigenvalue weighted by molar-refractivity contribution is 1.67. The Morgan fingerprint density at radius 2 is 1.05 bits per heavy atom. The molecule has 0 aliphatic heterocycles. The van der Waals surface area contributed by atoms with Crippen LogP contribution < -0.4 is 15.9 Å². The molecule has 3 rings (SSSR count). The van der Waals surface area contributed by atoms with Crippen molar-refractivity contribution >= 4 is 29.9 Å². The van der Waals surface area contributed by atoms with Crippen LogP contribution in [-0.2, 0) is 0 Å². The van der Waals surface area contributed by atoms with Crippen molar-refractivity contribution in [1.29, 1.82) is 0 Å². The first-order valence-electron chi connectivity index (χ1n) is 7.51. The van der Waals surface area contributed by atoms with E-state index in [0.29, 0.717) is 0 Å². The molecule has 1 heteroatoms. The van der Waals surface area contributed by atoms with E-state index in [1.165, 1.54) is 21.5 Å². The predicted octanol–water partition coefficient (Wildman–Crippen LogP) is 4.48. The van der Waals surface area contributed by atoms with Crippen LogP contribution in [0.5, 0.6) is 0 Å². The van der Waals surface area contributed by atoms with Gasteiger partial charge >= 0.3 is 0 Å². The molecule has 0 saturated carbocycles. The fraction of sp³-hybridized carbons (Fsp3) is 0.0476. The summed E-state index contributed by atoms with van der Waals surface area (Å²) in [5, 5.41) is 4.17. The molecule has 0 fully saturated rings. The van der Waals surface area contributed by atoms with Gasteiger partial charge < -0.3 is 0 Å². The van der Waals surface area contributed by atoms with Crippen molar-refractivity contribution in [1.82, 2.24) is 0 Å². The topological polar surface area (TPSA) is 0 Å². The van der Waals surface area contributed by atoms with Crippen molar-refractivity contribution in [3.8, 4) is 0 Å². The second kappa shape index (κ2) is 7.20. The summed E-state index contributed by atoms with van der Waals surface area (Å²) in [4.78, 5) is 0. The lowest BCUT2D eigenvalue weighted by atomic mass is 10.2. The van der Waals surface area contributed by atoms with Crippen LogP contribution >= 0.6 is 7.92 Å². The van der Waals surface area contributed by atoms with Crippen molar-refractivity contribution in [3.05, 3.63) is 96.6 Å². The normalized spacial score (nSPS) is 11.2. The van der Waals surface area contributed by atoms with Crippen molar-refractivity contribution in [2.24, 2.45) is 0 Å². The lowest BCUT2D eigenvalue weighted by Crippen LogP contribution is -2.20. The summed E-state index contributed by atoms with van der Waals surface area (Å²) in [5.41, 5.74) is 1.25. The van der Waals surface area contributed by atoms with Gasteiger partial charge in [-0.1, -0.05) is 97.1 Å². The molecule has 0 N–H and O–H groups in total. The van der Waals surface area contributed by atoms with Gasteiger partial charge in [-0.25, -0.2) is 0 Å². The molecule has 0 heterocycles. The standard InChI is InChI=1S/C21H19P/c1-2-9-18-14-16-21(17-15-18)22(19-10-5-3-6-11-19)20-12-7-4-8-13-20/h2-17H,1H3/b9-2+. The maximum absolute atomic E-state index is 2.26. The van der Waals surface area contributed by atoms with Crippen LogP contribution in [0.25, 0.3) is 6.08 Å². The van der Waals surface area contributed by atoms with Crippen LogP contribution in [0.2, 0.25) is 0 Å². The fourth-order valence-electron chi connectivity index (χ4n) is 2.53. The molecule has 108 valence electrons. The van der Waals surface area contributed by atoms with Gasteiger partial charge in [0.1, 0.15) is 0 Å². The Labute approximate surface area is 133 Å². The van der Waals surface area contributed by atoms with Crippen LogP contribution in [0.15, 0.2) is 91.0 Å². The average Bonchev–Trinajstić information content (AvgIpc) is 2.59. The molecular weight excluding hydrogens is 283 g/mol. The van der Waals surface area contributed by atoms with Crippen LogP contribution in [0.1, 0.15) is 12.5 Å². The molecule has 0 bridgehead atoms. The molecule has 0 unspecified atom stereocenters. The first-order chi connectivity index (χ1) is 10.9. The van der Waals surface area contributed by atoms with E-state index in [-0.39, 0.29) is 0 Å². The summed E-state index contributed by atoms with van der Waals surface area (Å²) in [5.74, 6) is 0. The van der Waals surface area contributed by atoms with E-state index >= 15 is 0 Å². The zero-order chi connectivity index (χ0) is 15.2. The summed E-state index contributed by atoms with van der Waals surface area (Å²) < 4.78 is 0. The number of rotatable bonds is 4. The zero-order valence-electron chi connectivity index (χ0n) is 12.7. The summed E-state index contributed by atoms with van der Waals surface area (Å²) in [7, 11) is -0.492. The molecule has 3 aromatic rings. The molecule has 0 aliphatic rings. The molecule has 3 aromatic carbocycles. The Morgan fingerprint density at radius 3 is 1.50 bits per heavy atom. The van der Waals surface area contributed by atoms with Gasteiger partial charge in [0, 0.05) is 0 Å². The largest absolute Gasteiger partial charge is 0.0871 e. The van der Waals surface area contributed by atoms with Gasteiger partial charge in [-0.2, -0.15) is 0 Å². The summed E-state index contributed by atoms with van der Waals surface area (Å²) in [6.07, 6.45) is 4.21. The Kier molecular flexibility index (Phi) is 4.83. The minimum Gasteiger partial charge on any atom is -0.0871 e. The quantitative estimate of drug-likeness (QED) is 0.623. The number of hydrogen-bond acceptors (Lipinski definition) is 0. The third-order valence-electron chi connectivity index (χ3n) is 3.54. The van der Waals surface area contributed by atoms with Crippen LogP contribution in [0.4, 0.5) is 0 Å². The van der Waals surface area contributed by atoms with Crippen molar-refractivity contribution in [2.75, 3.05) is 0 Å². The SMILES string of the molecule is C/C=C/c1ccc(P(c2ccccc2)c2ccccc2)cc1. The van der Waals surface area contributed by atoms with Gasteiger partial charge in [-0.15, -0.1) is 0 Å². The molecule has 0 spiro atoms. The van der Waals surface area contributed by atoms with Crippen molar-refractivity contribution in [2.45, 2.75) is 6.92 Å². The fourth-order valence-corrected chi connectivity index (χ4v) is 4.81. The molecule has 0 aromatic heterocycles. The second-order valence-electron chi connectivity index (χ2n) is 5.10. The van der Waals surface area contributed by atoms with E-state index in [1.54, 1.807) is 0 Å². The van der Waals surface area contributed by atoms with Gasteiger partial charge in [-0.3, -0.25) is 0 Å². The van der Waals surface area contributed by atoms with Crippen molar-refractivity contribution in [3.63, 3.8) is 0 Å². The Hall–Kier alpha value is -2.17. The molecular formula is C21H19P. The molecule has 0 radical (unpaired) electrons. The Bertz CT molecular complexity index is 688. The molecule has 0 atom stereocenters. The van der Waals surface area contributed by atoms with E-state index in [1.807, 2.05) is 0 Å². The first kappa shape index (κ1) is 14.8. The highest BCUT2D eigenvalue weighted by Crippen LogP contribution is 2.32.